The molecule has 0 spiro atoms. The number of rotatable bonds is 2. The number of hydrogen-bond donors (Lipinski definition) is 1. The summed E-state index contributed by atoms with van der Waals surface area (Å²) in [6.07, 6.45) is -0.520. The molecule has 1 N–H and O–H groups in total. The van der Waals surface area contributed by atoms with E-state index in [4.69, 9.17) is 0 Å². The van der Waals surface area contributed by atoms with Gasteiger partial charge in [0.25, 0.3) is 0 Å². The Labute approximate surface area is 89.2 Å². The summed E-state index contributed by atoms with van der Waals surface area (Å²) in [6.45, 7) is 1.72. The maximum absolute atomic E-state index is 9.43. The van der Waals surface area contributed by atoms with Crippen molar-refractivity contribution in [3.63, 3.8) is 0 Å². The summed E-state index contributed by atoms with van der Waals surface area (Å²) in [7, 11) is 0. The molecule has 1 heterocycles. The van der Waals surface area contributed by atoms with Crippen LogP contribution in [0.4, 0.5) is 0 Å². The number of benzene rings is 1. The molecule has 15 heavy (non-hydrogen) atoms. The predicted octanol–water partition coefficient (Wildman–Crippen LogP) is 2.80. The smallest absolute Gasteiger partial charge is 0.0932 e. The van der Waals surface area contributed by atoms with Gasteiger partial charge >= 0.3 is 0 Å². The molecule has 0 saturated carbocycles. The van der Waals surface area contributed by atoms with Crippen LogP contribution < -0.4 is 0 Å². The van der Waals surface area contributed by atoms with Gasteiger partial charge in [-0.3, -0.25) is 4.98 Å². The van der Waals surface area contributed by atoms with Crippen molar-refractivity contribution in [3.8, 4) is 11.3 Å². The predicted molar refractivity (Wildman–Crippen MR) is 60.3 cm³/mol. The van der Waals surface area contributed by atoms with Crippen molar-refractivity contribution in [2.24, 2.45) is 0 Å². The first-order chi connectivity index (χ1) is 7.27. The first-order valence-corrected chi connectivity index (χ1v) is 4.98. The lowest BCUT2D eigenvalue weighted by Gasteiger charge is -2.06. The van der Waals surface area contributed by atoms with Crippen LogP contribution in [0, 0.1) is 0 Å². The average molecular weight is 199 g/mol. The maximum atomic E-state index is 9.43. The largest absolute Gasteiger partial charge is 0.387 e. The van der Waals surface area contributed by atoms with Crippen LogP contribution in [-0.2, 0) is 0 Å². The lowest BCUT2D eigenvalue weighted by Crippen LogP contribution is -1.96. The molecule has 2 aromatic rings. The zero-order valence-electron chi connectivity index (χ0n) is 8.59. The normalized spacial score (nSPS) is 12.4. The van der Waals surface area contributed by atoms with Crippen LogP contribution in [0.3, 0.4) is 0 Å². The van der Waals surface area contributed by atoms with Gasteiger partial charge in [-0.05, 0) is 19.1 Å². The van der Waals surface area contributed by atoms with Crippen molar-refractivity contribution in [1.29, 1.82) is 0 Å². The van der Waals surface area contributed by atoms with Gasteiger partial charge in [-0.25, -0.2) is 0 Å². The summed E-state index contributed by atoms with van der Waals surface area (Å²) in [6, 6.07) is 15.6. The molecule has 0 saturated heterocycles. The van der Waals surface area contributed by atoms with Gasteiger partial charge < -0.3 is 5.11 Å². The second kappa shape index (κ2) is 4.24. The van der Waals surface area contributed by atoms with Crippen molar-refractivity contribution < 1.29 is 5.11 Å². The van der Waals surface area contributed by atoms with E-state index >= 15 is 0 Å². The molecule has 0 aliphatic rings. The molecule has 1 atom stereocenters. The van der Waals surface area contributed by atoms with Crippen LogP contribution in [-0.4, -0.2) is 10.1 Å². The van der Waals surface area contributed by atoms with Gasteiger partial charge in [-0.2, -0.15) is 0 Å². The number of hydrogen-bond acceptors (Lipinski definition) is 2. The van der Waals surface area contributed by atoms with E-state index in [2.05, 4.69) is 4.98 Å². The lowest BCUT2D eigenvalue weighted by atomic mass is 10.1. The number of aliphatic hydroxyl groups excluding tert-OH is 1. The Morgan fingerprint density at radius 3 is 2.40 bits per heavy atom. The molecule has 1 unspecified atom stereocenters. The first-order valence-electron chi connectivity index (χ1n) is 4.98. The molecule has 1 aromatic heterocycles. The highest BCUT2D eigenvalue weighted by molar-refractivity contribution is 5.58. The maximum Gasteiger partial charge on any atom is 0.0932 e. The third-order valence-electron chi connectivity index (χ3n) is 2.27. The van der Waals surface area contributed by atoms with Gasteiger partial charge in [0.05, 0.1) is 17.5 Å². The zero-order chi connectivity index (χ0) is 10.7. The summed E-state index contributed by atoms with van der Waals surface area (Å²) >= 11 is 0. The molecule has 2 rings (SSSR count). The van der Waals surface area contributed by atoms with Crippen LogP contribution in [0.5, 0.6) is 0 Å². The average Bonchev–Trinajstić information content (AvgIpc) is 2.30. The molecule has 0 aliphatic carbocycles. The van der Waals surface area contributed by atoms with Crippen molar-refractivity contribution >= 4 is 0 Å². The van der Waals surface area contributed by atoms with E-state index in [1.807, 2.05) is 48.5 Å². The van der Waals surface area contributed by atoms with E-state index in [0.717, 1.165) is 11.3 Å². The van der Waals surface area contributed by atoms with E-state index in [1.165, 1.54) is 0 Å². The molecule has 1 aromatic carbocycles. The fraction of sp³-hybridized carbons (Fsp3) is 0.154. The molecule has 76 valence electrons. The number of aromatic nitrogens is 1. The Kier molecular flexibility index (Phi) is 2.79. The minimum absolute atomic E-state index is 0.520. The third-order valence-corrected chi connectivity index (χ3v) is 2.27. The fourth-order valence-corrected chi connectivity index (χ4v) is 1.45. The Morgan fingerprint density at radius 2 is 1.73 bits per heavy atom. The second-order valence-electron chi connectivity index (χ2n) is 3.49. The molecule has 0 aliphatic heterocycles. The van der Waals surface area contributed by atoms with Gasteiger partial charge in [0.2, 0.25) is 0 Å². The molecule has 0 fully saturated rings. The minimum Gasteiger partial charge on any atom is -0.387 e. The standard InChI is InChI=1S/C13H13NO/c1-10(15)12-8-5-9-13(14-12)11-6-3-2-4-7-11/h2-10,15H,1H3. The number of pyridine rings is 1. The number of aliphatic hydroxyl groups is 1. The van der Waals surface area contributed by atoms with Crippen LogP contribution in [0.25, 0.3) is 11.3 Å². The number of nitrogens with zero attached hydrogens (tertiary/aromatic N) is 1. The van der Waals surface area contributed by atoms with E-state index in [1.54, 1.807) is 6.92 Å². The van der Waals surface area contributed by atoms with Gasteiger partial charge in [-0.15, -0.1) is 0 Å². The third kappa shape index (κ3) is 2.22. The second-order valence-corrected chi connectivity index (χ2v) is 3.49. The summed E-state index contributed by atoms with van der Waals surface area (Å²) < 4.78 is 0. The van der Waals surface area contributed by atoms with Gasteiger partial charge in [0, 0.05) is 5.56 Å². The van der Waals surface area contributed by atoms with Gasteiger partial charge in [0.15, 0.2) is 0 Å². The minimum atomic E-state index is -0.520. The van der Waals surface area contributed by atoms with Crippen molar-refractivity contribution in [2.75, 3.05) is 0 Å². The summed E-state index contributed by atoms with van der Waals surface area (Å²) in [5.41, 5.74) is 2.67. The van der Waals surface area contributed by atoms with Crippen molar-refractivity contribution in [2.45, 2.75) is 13.0 Å². The quantitative estimate of drug-likeness (QED) is 0.806. The van der Waals surface area contributed by atoms with Gasteiger partial charge in [0.1, 0.15) is 0 Å². The summed E-state index contributed by atoms with van der Waals surface area (Å²) in [5.74, 6) is 0. The first kappa shape index (κ1) is 9.87. The SMILES string of the molecule is CC(O)c1cccc(-c2ccccc2)n1. The van der Waals surface area contributed by atoms with E-state index in [0.29, 0.717) is 5.69 Å². The Morgan fingerprint density at radius 1 is 1.00 bits per heavy atom. The molecule has 0 amide bonds. The van der Waals surface area contributed by atoms with Crippen molar-refractivity contribution in [3.05, 3.63) is 54.2 Å². The highest BCUT2D eigenvalue weighted by Crippen LogP contribution is 2.18. The van der Waals surface area contributed by atoms with Crippen LogP contribution >= 0.6 is 0 Å². The molecule has 2 heteroatoms. The van der Waals surface area contributed by atoms with E-state index in [9.17, 15) is 5.11 Å². The Bertz CT molecular complexity index is 437. The van der Waals surface area contributed by atoms with E-state index < -0.39 is 6.10 Å². The van der Waals surface area contributed by atoms with Crippen LogP contribution in [0.1, 0.15) is 18.7 Å². The highest BCUT2D eigenvalue weighted by Gasteiger charge is 2.04. The molecular weight excluding hydrogens is 186 g/mol. The monoisotopic (exact) mass is 199 g/mol. The topological polar surface area (TPSA) is 33.1 Å². The van der Waals surface area contributed by atoms with Crippen molar-refractivity contribution in [1.82, 2.24) is 4.98 Å². The Balaban J connectivity index is 2.42. The lowest BCUT2D eigenvalue weighted by molar-refractivity contribution is 0.194. The van der Waals surface area contributed by atoms with Gasteiger partial charge in [-0.1, -0.05) is 36.4 Å². The molecule has 0 bridgehead atoms. The molecular formula is C13H13NO. The highest BCUT2D eigenvalue weighted by atomic mass is 16.3. The molecule has 2 nitrogen and oxygen atoms in total. The summed E-state index contributed by atoms with van der Waals surface area (Å²) in [5, 5.41) is 9.43. The zero-order valence-corrected chi connectivity index (χ0v) is 8.59. The van der Waals surface area contributed by atoms with Crippen LogP contribution in [0.2, 0.25) is 0 Å². The Hall–Kier alpha value is -1.67. The fourth-order valence-electron chi connectivity index (χ4n) is 1.45. The molecule has 0 radical (unpaired) electrons. The summed E-state index contributed by atoms with van der Waals surface area (Å²) in [4.78, 5) is 4.39. The van der Waals surface area contributed by atoms with Crippen LogP contribution in [0.15, 0.2) is 48.5 Å². The van der Waals surface area contributed by atoms with E-state index in [-0.39, 0.29) is 0 Å².